The summed E-state index contributed by atoms with van der Waals surface area (Å²) in [5, 5.41) is 0.704. The van der Waals surface area contributed by atoms with Gasteiger partial charge in [-0.3, -0.25) is 0 Å². The van der Waals surface area contributed by atoms with Crippen LogP contribution in [0.2, 0.25) is 5.02 Å². The number of anilines is 2. The van der Waals surface area contributed by atoms with Gasteiger partial charge in [0, 0.05) is 18.6 Å². The van der Waals surface area contributed by atoms with E-state index in [4.69, 9.17) is 17.3 Å². The summed E-state index contributed by atoms with van der Waals surface area (Å²) in [6.07, 6.45) is 5.49. The maximum atomic E-state index is 5.97. The topological polar surface area (TPSA) is 29.3 Å². The van der Waals surface area contributed by atoms with Crippen molar-refractivity contribution < 1.29 is 0 Å². The van der Waals surface area contributed by atoms with Crippen LogP contribution in [-0.2, 0) is 0 Å². The maximum absolute atomic E-state index is 5.97. The van der Waals surface area contributed by atoms with Gasteiger partial charge in [-0.25, -0.2) is 0 Å². The Labute approximate surface area is 102 Å². The fraction of sp³-hybridized carbons (Fsp3) is 0.538. The van der Waals surface area contributed by atoms with Crippen LogP contribution in [0.4, 0.5) is 11.4 Å². The summed E-state index contributed by atoms with van der Waals surface area (Å²) in [7, 11) is 2.11. The average Bonchev–Trinajstić information content (AvgIpc) is 2.70. The average molecular weight is 239 g/mol. The molecule has 2 rings (SSSR count). The summed E-state index contributed by atoms with van der Waals surface area (Å²) < 4.78 is 0. The number of nitrogens with two attached hydrogens (primary N) is 1. The number of nitrogens with zero attached hydrogens (tertiary/aromatic N) is 1. The van der Waals surface area contributed by atoms with Crippen LogP contribution in [0, 0.1) is 5.92 Å². The van der Waals surface area contributed by atoms with Crippen LogP contribution in [0.3, 0.4) is 0 Å². The molecule has 0 radical (unpaired) electrons. The van der Waals surface area contributed by atoms with Crippen molar-refractivity contribution in [3.63, 3.8) is 0 Å². The minimum absolute atomic E-state index is 0.704. The summed E-state index contributed by atoms with van der Waals surface area (Å²) >= 11 is 5.89. The van der Waals surface area contributed by atoms with Crippen LogP contribution in [0.5, 0.6) is 0 Å². The van der Waals surface area contributed by atoms with Gasteiger partial charge in [0.25, 0.3) is 0 Å². The summed E-state index contributed by atoms with van der Waals surface area (Å²) in [6.45, 7) is 1.10. The molecule has 0 amide bonds. The summed E-state index contributed by atoms with van der Waals surface area (Å²) in [4.78, 5) is 2.25. The molecule has 0 heterocycles. The van der Waals surface area contributed by atoms with E-state index in [-0.39, 0.29) is 0 Å². The van der Waals surface area contributed by atoms with E-state index in [2.05, 4.69) is 11.9 Å². The second kappa shape index (κ2) is 4.96. The number of hydrogen-bond acceptors (Lipinski definition) is 2. The minimum atomic E-state index is 0.704. The van der Waals surface area contributed by atoms with Gasteiger partial charge >= 0.3 is 0 Å². The van der Waals surface area contributed by atoms with Crippen LogP contribution in [0.25, 0.3) is 0 Å². The van der Waals surface area contributed by atoms with Gasteiger partial charge in [0.15, 0.2) is 0 Å². The van der Waals surface area contributed by atoms with Crippen molar-refractivity contribution in [1.29, 1.82) is 0 Å². The highest BCUT2D eigenvalue weighted by molar-refractivity contribution is 6.31. The zero-order valence-electron chi connectivity index (χ0n) is 9.75. The molecule has 0 aliphatic heterocycles. The molecule has 3 heteroatoms. The van der Waals surface area contributed by atoms with Crippen molar-refractivity contribution in [1.82, 2.24) is 0 Å². The molecule has 0 atom stereocenters. The summed E-state index contributed by atoms with van der Waals surface area (Å²) in [6, 6.07) is 5.73. The number of rotatable bonds is 3. The summed E-state index contributed by atoms with van der Waals surface area (Å²) in [5.41, 5.74) is 7.84. The Kier molecular flexibility index (Phi) is 3.59. The first-order chi connectivity index (χ1) is 7.66. The van der Waals surface area contributed by atoms with Crippen LogP contribution < -0.4 is 10.6 Å². The van der Waals surface area contributed by atoms with Gasteiger partial charge in [0.05, 0.1) is 11.4 Å². The second-order valence-electron chi connectivity index (χ2n) is 4.73. The number of halogens is 1. The quantitative estimate of drug-likeness (QED) is 0.816. The lowest BCUT2D eigenvalue weighted by Gasteiger charge is -2.24. The first-order valence-corrected chi connectivity index (χ1v) is 6.31. The standard InChI is InChI=1S/C13H19ClN2/c1-16(9-10-4-2-3-5-10)13-7-6-11(14)8-12(13)15/h6-8,10H,2-5,9,15H2,1H3. The molecule has 1 aliphatic rings. The van der Waals surface area contributed by atoms with E-state index in [1.54, 1.807) is 0 Å². The largest absolute Gasteiger partial charge is 0.397 e. The van der Waals surface area contributed by atoms with Gasteiger partial charge in [-0.05, 0) is 37.0 Å². The monoisotopic (exact) mass is 238 g/mol. The number of nitrogen functional groups attached to an aromatic ring is 1. The first-order valence-electron chi connectivity index (χ1n) is 5.93. The molecule has 1 aromatic rings. The van der Waals surface area contributed by atoms with E-state index in [1.165, 1.54) is 25.7 Å². The Hall–Kier alpha value is -0.890. The van der Waals surface area contributed by atoms with Crippen molar-refractivity contribution in [2.24, 2.45) is 5.92 Å². The third kappa shape index (κ3) is 2.62. The van der Waals surface area contributed by atoms with Crippen LogP contribution in [0.15, 0.2) is 18.2 Å². The van der Waals surface area contributed by atoms with Crippen molar-refractivity contribution >= 4 is 23.0 Å². The maximum Gasteiger partial charge on any atom is 0.0598 e. The fourth-order valence-electron chi connectivity index (χ4n) is 2.55. The van der Waals surface area contributed by atoms with Gasteiger partial charge in [0.1, 0.15) is 0 Å². The molecule has 0 unspecified atom stereocenters. The molecule has 2 nitrogen and oxygen atoms in total. The zero-order valence-corrected chi connectivity index (χ0v) is 10.5. The third-order valence-electron chi connectivity index (χ3n) is 3.41. The van der Waals surface area contributed by atoms with E-state index >= 15 is 0 Å². The first kappa shape index (κ1) is 11.6. The lowest BCUT2D eigenvalue weighted by atomic mass is 10.1. The molecule has 1 aliphatic carbocycles. The molecule has 1 fully saturated rings. The van der Waals surface area contributed by atoms with E-state index < -0.39 is 0 Å². The zero-order chi connectivity index (χ0) is 11.5. The van der Waals surface area contributed by atoms with Gasteiger partial charge in [-0.1, -0.05) is 24.4 Å². The molecule has 0 saturated heterocycles. The predicted octanol–water partition coefficient (Wildman–Crippen LogP) is 3.55. The minimum Gasteiger partial charge on any atom is -0.397 e. The highest BCUT2D eigenvalue weighted by atomic mass is 35.5. The lowest BCUT2D eigenvalue weighted by Crippen LogP contribution is -2.24. The fourth-order valence-corrected chi connectivity index (χ4v) is 2.73. The van der Waals surface area contributed by atoms with Crippen LogP contribution in [-0.4, -0.2) is 13.6 Å². The Morgan fingerprint density at radius 1 is 1.38 bits per heavy atom. The third-order valence-corrected chi connectivity index (χ3v) is 3.64. The van der Waals surface area contributed by atoms with Crippen LogP contribution in [0.1, 0.15) is 25.7 Å². The molecule has 2 N–H and O–H groups in total. The number of hydrogen-bond donors (Lipinski definition) is 1. The molecule has 0 aromatic heterocycles. The Balaban J connectivity index is 2.04. The summed E-state index contributed by atoms with van der Waals surface area (Å²) in [5.74, 6) is 0.833. The molecule has 88 valence electrons. The highest BCUT2D eigenvalue weighted by Gasteiger charge is 2.17. The van der Waals surface area contributed by atoms with E-state index in [0.717, 1.165) is 23.8 Å². The Morgan fingerprint density at radius 3 is 2.69 bits per heavy atom. The predicted molar refractivity (Wildman–Crippen MR) is 71.1 cm³/mol. The second-order valence-corrected chi connectivity index (χ2v) is 5.17. The molecule has 16 heavy (non-hydrogen) atoms. The van der Waals surface area contributed by atoms with E-state index in [1.807, 2.05) is 18.2 Å². The molecule has 1 aromatic carbocycles. The van der Waals surface area contributed by atoms with Crippen molar-refractivity contribution in [3.05, 3.63) is 23.2 Å². The Bertz CT molecular complexity index is 359. The molecule has 0 spiro atoms. The molecular formula is C13H19ClN2. The number of benzene rings is 1. The van der Waals surface area contributed by atoms with E-state index in [9.17, 15) is 0 Å². The molecule has 1 saturated carbocycles. The van der Waals surface area contributed by atoms with Crippen molar-refractivity contribution in [2.75, 3.05) is 24.2 Å². The van der Waals surface area contributed by atoms with Gasteiger partial charge in [-0.15, -0.1) is 0 Å². The Morgan fingerprint density at radius 2 is 2.06 bits per heavy atom. The smallest absolute Gasteiger partial charge is 0.0598 e. The van der Waals surface area contributed by atoms with E-state index in [0.29, 0.717) is 5.02 Å². The SMILES string of the molecule is CN(CC1CCCC1)c1ccc(Cl)cc1N. The van der Waals surface area contributed by atoms with Crippen molar-refractivity contribution in [3.8, 4) is 0 Å². The normalized spacial score (nSPS) is 16.6. The van der Waals surface area contributed by atoms with Gasteiger partial charge in [0.2, 0.25) is 0 Å². The van der Waals surface area contributed by atoms with Gasteiger partial charge in [-0.2, -0.15) is 0 Å². The van der Waals surface area contributed by atoms with Crippen LogP contribution >= 0.6 is 11.6 Å². The molecule has 0 bridgehead atoms. The highest BCUT2D eigenvalue weighted by Crippen LogP contribution is 2.30. The van der Waals surface area contributed by atoms with Gasteiger partial charge < -0.3 is 10.6 Å². The lowest BCUT2D eigenvalue weighted by molar-refractivity contribution is 0.547. The van der Waals surface area contributed by atoms with Crippen molar-refractivity contribution in [2.45, 2.75) is 25.7 Å². The molecular weight excluding hydrogens is 220 g/mol.